The molecule has 18 heavy (non-hydrogen) atoms. The van der Waals surface area contributed by atoms with E-state index in [1.165, 1.54) is 6.08 Å². The highest BCUT2D eigenvalue weighted by molar-refractivity contribution is 5.79. The van der Waals surface area contributed by atoms with Crippen LogP contribution < -0.4 is 0 Å². The topological polar surface area (TPSA) is 112 Å². The first-order chi connectivity index (χ1) is 8.43. The highest BCUT2D eigenvalue weighted by Gasteiger charge is 2.16. The van der Waals surface area contributed by atoms with Crippen molar-refractivity contribution < 1.29 is 29.7 Å². The van der Waals surface area contributed by atoms with Crippen LogP contribution in [0.25, 0.3) is 0 Å². The summed E-state index contributed by atoms with van der Waals surface area (Å²) in [6.07, 6.45) is 4.69. The van der Waals surface area contributed by atoms with E-state index in [-0.39, 0.29) is 6.42 Å². The minimum Gasteiger partial charge on any atom is -0.481 e. The standard InChI is InChI=1S/C12H18O6/c13-10(14)7-3-1-2-5-9(12(17)18)6-4-8-11(15)16/h3,7,9H,1-2,4-6,8H2,(H,13,14)(H,15,16)(H,17,18). The fourth-order valence-electron chi connectivity index (χ4n) is 1.56. The summed E-state index contributed by atoms with van der Waals surface area (Å²) in [4.78, 5) is 31.4. The summed E-state index contributed by atoms with van der Waals surface area (Å²) >= 11 is 0. The molecule has 0 spiro atoms. The molecule has 0 fully saturated rings. The zero-order valence-corrected chi connectivity index (χ0v) is 10.0. The van der Waals surface area contributed by atoms with Gasteiger partial charge in [-0.1, -0.05) is 6.08 Å². The number of aliphatic carboxylic acids is 3. The Kier molecular flexibility index (Phi) is 8.26. The van der Waals surface area contributed by atoms with Gasteiger partial charge in [-0.2, -0.15) is 0 Å². The van der Waals surface area contributed by atoms with Crippen molar-refractivity contribution in [1.29, 1.82) is 0 Å². The molecule has 0 aromatic carbocycles. The van der Waals surface area contributed by atoms with E-state index in [0.717, 1.165) is 6.08 Å². The molecule has 0 aliphatic carbocycles. The molecule has 102 valence electrons. The van der Waals surface area contributed by atoms with Gasteiger partial charge in [0.25, 0.3) is 0 Å². The van der Waals surface area contributed by atoms with Gasteiger partial charge < -0.3 is 15.3 Å². The SMILES string of the molecule is O=C(O)C=CCCCC(CCCC(=O)O)C(=O)O. The Balaban J connectivity index is 3.87. The molecular formula is C12H18O6. The maximum absolute atomic E-state index is 10.9. The first-order valence-electron chi connectivity index (χ1n) is 5.77. The lowest BCUT2D eigenvalue weighted by Gasteiger charge is -2.10. The van der Waals surface area contributed by atoms with E-state index in [4.69, 9.17) is 15.3 Å². The van der Waals surface area contributed by atoms with Crippen molar-refractivity contribution in [3.8, 4) is 0 Å². The monoisotopic (exact) mass is 258 g/mol. The van der Waals surface area contributed by atoms with Crippen molar-refractivity contribution in [2.45, 2.75) is 38.5 Å². The predicted octanol–water partition coefficient (Wildman–Crippen LogP) is 1.75. The van der Waals surface area contributed by atoms with Crippen molar-refractivity contribution in [3.63, 3.8) is 0 Å². The van der Waals surface area contributed by atoms with Crippen molar-refractivity contribution >= 4 is 17.9 Å². The average molecular weight is 258 g/mol. The molecule has 0 saturated carbocycles. The van der Waals surface area contributed by atoms with Crippen LogP contribution in [-0.2, 0) is 14.4 Å². The first kappa shape index (κ1) is 16.1. The molecule has 0 radical (unpaired) electrons. The van der Waals surface area contributed by atoms with Gasteiger partial charge in [0.15, 0.2) is 0 Å². The number of hydrogen-bond donors (Lipinski definition) is 3. The summed E-state index contributed by atoms with van der Waals surface area (Å²) in [6.45, 7) is 0. The van der Waals surface area contributed by atoms with Gasteiger partial charge in [0.1, 0.15) is 0 Å². The van der Waals surface area contributed by atoms with Crippen molar-refractivity contribution in [2.24, 2.45) is 5.92 Å². The van der Waals surface area contributed by atoms with Crippen LogP contribution in [-0.4, -0.2) is 33.2 Å². The minimum atomic E-state index is -1.02. The molecule has 0 aromatic heterocycles. The molecule has 0 aliphatic rings. The minimum absolute atomic E-state index is 0.0251. The molecular weight excluding hydrogens is 240 g/mol. The van der Waals surface area contributed by atoms with Gasteiger partial charge in [0.05, 0.1) is 5.92 Å². The third-order valence-electron chi connectivity index (χ3n) is 2.48. The number of hydrogen-bond acceptors (Lipinski definition) is 3. The lowest BCUT2D eigenvalue weighted by molar-refractivity contribution is -0.143. The molecule has 6 nitrogen and oxygen atoms in total. The van der Waals surface area contributed by atoms with Gasteiger partial charge in [0, 0.05) is 12.5 Å². The Morgan fingerprint density at radius 2 is 1.61 bits per heavy atom. The quantitative estimate of drug-likeness (QED) is 0.406. The summed E-state index contributed by atoms with van der Waals surface area (Å²) in [7, 11) is 0. The molecule has 0 rings (SSSR count). The summed E-state index contributed by atoms with van der Waals surface area (Å²) in [5, 5.41) is 25.7. The van der Waals surface area contributed by atoms with E-state index in [1.807, 2.05) is 0 Å². The van der Waals surface area contributed by atoms with Crippen LogP contribution in [0.15, 0.2) is 12.2 Å². The van der Waals surface area contributed by atoms with Crippen molar-refractivity contribution in [3.05, 3.63) is 12.2 Å². The van der Waals surface area contributed by atoms with Gasteiger partial charge in [-0.3, -0.25) is 9.59 Å². The van der Waals surface area contributed by atoms with Crippen LogP contribution in [0.3, 0.4) is 0 Å². The van der Waals surface area contributed by atoms with Gasteiger partial charge >= 0.3 is 17.9 Å². The number of rotatable bonds is 10. The Labute approximate surface area is 105 Å². The summed E-state index contributed by atoms with van der Waals surface area (Å²) < 4.78 is 0. The van der Waals surface area contributed by atoms with E-state index < -0.39 is 23.8 Å². The third-order valence-corrected chi connectivity index (χ3v) is 2.48. The second kappa shape index (κ2) is 9.21. The lowest BCUT2D eigenvalue weighted by Crippen LogP contribution is -2.14. The first-order valence-corrected chi connectivity index (χ1v) is 5.77. The highest BCUT2D eigenvalue weighted by Crippen LogP contribution is 2.16. The highest BCUT2D eigenvalue weighted by atomic mass is 16.4. The molecule has 3 N–H and O–H groups in total. The number of unbranched alkanes of at least 4 members (excludes halogenated alkanes) is 1. The van der Waals surface area contributed by atoms with Crippen LogP contribution in [0.2, 0.25) is 0 Å². The van der Waals surface area contributed by atoms with Crippen LogP contribution in [0.1, 0.15) is 38.5 Å². The normalized spacial score (nSPS) is 12.4. The zero-order valence-electron chi connectivity index (χ0n) is 10.0. The number of carbonyl (C=O) groups is 3. The van der Waals surface area contributed by atoms with E-state index in [1.54, 1.807) is 0 Å². The largest absolute Gasteiger partial charge is 0.481 e. The number of carboxylic acid groups (broad SMARTS) is 3. The predicted molar refractivity (Wildman–Crippen MR) is 63.2 cm³/mol. The maximum atomic E-state index is 10.9. The van der Waals surface area contributed by atoms with Crippen LogP contribution >= 0.6 is 0 Å². The Hall–Kier alpha value is -1.85. The average Bonchev–Trinajstić information content (AvgIpc) is 2.25. The number of allylic oxidation sites excluding steroid dienone is 1. The van der Waals surface area contributed by atoms with Crippen LogP contribution in [0.4, 0.5) is 0 Å². The van der Waals surface area contributed by atoms with Gasteiger partial charge in [0.2, 0.25) is 0 Å². The van der Waals surface area contributed by atoms with E-state index in [0.29, 0.717) is 32.1 Å². The van der Waals surface area contributed by atoms with E-state index in [9.17, 15) is 14.4 Å². The van der Waals surface area contributed by atoms with Crippen molar-refractivity contribution in [1.82, 2.24) is 0 Å². The van der Waals surface area contributed by atoms with Gasteiger partial charge in [-0.05, 0) is 32.1 Å². The molecule has 6 heteroatoms. The zero-order chi connectivity index (χ0) is 14.0. The van der Waals surface area contributed by atoms with Crippen LogP contribution in [0, 0.1) is 5.92 Å². The van der Waals surface area contributed by atoms with Crippen molar-refractivity contribution in [2.75, 3.05) is 0 Å². The van der Waals surface area contributed by atoms with Crippen LogP contribution in [0.5, 0.6) is 0 Å². The lowest BCUT2D eigenvalue weighted by atomic mass is 9.96. The van der Waals surface area contributed by atoms with Gasteiger partial charge in [-0.25, -0.2) is 4.79 Å². The molecule has 1 atom stereocenters. The molecule has 0 amide bonds. The molecule has 0 bridgehead atoms. The molecule has 1 unspecified atom stereocenters. The Morgan fingerprint density at radius 3 is 2.11 bits per heavy atom. The van der Waals surface area contributed by atoms with E-state index >= 15 is 0 Å². The maximum Gasteiger partial charge on any atom is 0.327 e. The Morgan fingerprint density at radius 1 is 1.00 bits per heavy atom. The molecule has 0 saturated heterocycles. The smallest absolute Gasteiger partial charge is 0.327 e. The molecule has 0 aromatic rings. The fraction of sp³-hybridized carbons (Fsp3) is 0.583. The number of carboxylic acids is 3. The summed E-state index contributed by atoms with van der Waals surface area (Å²) in [5.74, 6) is -3.43. The Bertz CT molecular complexity index is 321. The van der Waals surface area contributed by atoms with E-state index in [2.05, 4.69) is 0 Å². The summed E-state index contributed by atoms with van der Waals surface area (Å²) in [6, 6.07) is 0. The fourth-order valence-corrected chi connectivity index (χ4v) is 1.56. The molecule has 0 aliphatic heterocycles. The second-order valence-electron chi connectivity index (χ2n) is 3.99. The second-order valence-corrected chi connectivity index (χ2v) is 3.99. The van der Waals surface area contributed by atoms with Gasteiger partial charge in [-0.15, -0.1) is 0 Å². The third kappa shape index (κ3) is 9.38. The molecule has 0 heterocycles. The summed E-state index contributed by atoms with van der Waals surface area (Å²) in [5.41, 5.74) is 0.